The minimum Gasteiger partial charge on any atom is -0.497 e. The van der Waals surface area contributed by atoms with Crippen LogP contribution < -0.4 is 9.75 Å². The fourth-order valence-corrected chi connectivity index (χ4v) is 2.89. The van der Waals surface area contributed by atoms with Crippen molar-refractivity contribution in [2.45, 2.75) is 6.92 Å². The number of aliphatic imine (C=N–C) groups is 1. The summed E-state index contributed by atoms with van der Waals surface area (Å²) in [6.07, 6.45) is 0. The number of rotatable bonds is 6. The number of carbonyl (C=O) groups excluding carboxylic acids is 1. The van der Waals surface area contributed by atoms with Crippen LogP contribution in [0.3, 0.4) is 0 Å². The maximum atomic E-state index is 13.1. The second-order valence-corrected chi connectivity index (χ2v) is 5.88. The van der Waals surface area contributed by atoms with Gasteiger partial charge in [0.2, 0.25) is 0 Å². The number of benzene rings is 2. The fourth-order valence-electron chi connectivity index (χ4n) is 2.89. The van der Waals surface area contributed by atoms with Crippen molar-refractivity contribution in [1.29, 1.82) is 0 Å². The molecular weight excluding hydrogens is 330 g/mol. The number of amides is 1. The van der Waals surface area contributed by atoms with Gasteiger partial charge < -0.3 is 9.84 Å². The molecular formula is C20H21N3O3. The predicted octanol–water partition coefficient (Wildman–Crippen LogP) is 2.52. The molecule has 3 rings (SSSR count). The van der Waals surface area contributed by atoms with E-state index < -0.39 is 5.92 Å². The molecule has 1 atom stereocenters. The Bertz CT molecular complexity index is 829. The van der Waals surface area contributed by atoms with Crippen LogP contribution in [0, 0.1) is 5.92 Å². The van der Waals surface area contributed by atoms with Gasteiger partial charge in [0.15, 0.2) is 0 Å². The highest BCUT2D eigenvalue weighted by atomic mass is 16.5. The van der Waals surface area contributed by atoms with E-state index in [2.05, 4.69) is 10.1 Å². The van der Waals surface area contributed by atoms with Crippen molar-refractivity contribution >= 4 is 23.0 Å². The van der Waals surface area contributed by atoms with Gasteiger partial charge in [-0.25, -0.2) is 0 Å². The highest BCUT2D eigenvalue weighted by Crippen LogP contribution is 2.29. The van der Waals surface area contributed by atoms with Gasteiger partial charge in [-0.1, -0.05) is 30.3 Å². The first-order chi connectivity index (χ1) is 12.7. The van der Waals surface area contributed by atoms with E-state index in [1.165, 1.54) is 5.01 Å². The number of aliphatic hydroxyl groups is 1. The molecule has 1 N–H and O–H groups in total. The maximum Gasteiger partial charge on any atom is 0.262 e. The van der Waals surface area contributed by atoms with Crippen molar-refractivity contribution < 1.29 is 14.6 Å². The summed E-state index contributed by atoms with van der Waals surface area (Å²) in [6.45, 7) is 2.01. The Labute approximate surface area is 152 Å². The van der Waals surface area contributed by atoms with Crippen LogP contribution in [0.2, 0.25) is 0 Å². The third-order valence-electron chi connectivity index (χ3n) is 4.20. The molecule has 134 valence electrons. The molecule has 0 aromatic heterocycles. The fraction of sp³-hybridized carbons (Fsp3) is 0.250. The van der Waals surface area contributed by atoms with Gasteiger partial charge in [0.1, 0.15) is 11.7 Å². The summed E-state index contributed by atoms with van der Waals surface area (Å²) in [5.41, 5.74) is 2.84. The number of aliphatic hydroxyl groups excluding tert-OH is 1. The minimum absolute atomic E-state index is 0.0573. The summed E-state index contributed by atoms with van der Waals surface area (Å²) < 4.78 is 5.17. The predicted molar refractivity (Wildman–Crippen MR) is 102 cm³/mol. The number of ether oxygens (including phenoxy) is 1. The zero-order chi connectivity index (χ0) is 18.5. The third kappa shape index (κ3) is 3.50. The highest BCUT2D eigenvalue weighted by Gasteiger charge is 2.39. The lowest BCUT2D eigenvalue weighted by Gasteiger charge is -2.15. The smallest absolute Gasteiger partial charge is 0.262 e. The van der Waals surface area contributed by atoms with E-state index in [1.54, 1.807) is 38.3 Å². The van der Waals surface area contributed by atoms with Crippen LogP contribution in [0.15, 0.2) is 64.7 Å². The van der Waals surface area contributed by atoms with Crippen molar-refractivity contribution in [3.05, 3.63) is 60.2 Å². The zero-order valence-corrected chi connectivity index (χ0v) is 14.8. The molecule has 0 radical (unpaired) electrons. The second-order valence-electron chi connectivity index (χ2n) is 5.88. The van der Waals surface area contributed by atoms with Crippen molar-refractivity contribution in [2.75, 3.05) is 25.3 Å². The van der Waals surface area contributed by atoms with Gasteiger partial charge in [-0.15, -0.1) is 0 Å². The first kappa shape index (κ1) is 17.8. The Hall–Kier alpha value is -2.99. The maximum absolute atomic E-state index is 13.1. The summed E-state index contributed by atoms with van der Waals surface area (Å²) in [6, 6.07) is 16.8. The molecule has 6 heteroatoms. The van der Waals surface area contributed by atoms with Crippen molar-refractivity contribution in [3.8, 4) is 5.75 Å². The second kappa shape index (κ2) is 7.93. The lowest BCUT2D eigenvalue weighted by Crippen LogP contribution is -2.32. The molecule has 0 saturated heterocycles. The van der Waals surface area contributed by atoms with Gasteiger partial charge in [0.05, 0.1) is 31.7 Å². The first-order valence-electron chi connectivity index (χ1n) is 8.39. The van der Waals surface area contributed by atoms with E-state index in [1.807, 2.05) is 30.3 Å². The van der Waals surface area contributed by atoms with Gasteiger partial charge in [-0.3, -0.25) is 9.79 Å². The van der Waals surface area contributed by atoms with E-state index in [9.17, 15) is 4.79 Å². The van der Waals surface area contributed by atoms with Gasteiger partial charge in [0.25, 0.3) is 5.91 Å². The Morgan fingerprint density at radius 2 is 1.88 bits per heavy atom. The van der Waals surface area contributed by atoms with Crippen LogP contribution in [0.4, 0.5) is 5.69 Å². The number of methoxy groups -OCH3 is 1. The summed E-state index contributed by atoms with van der Waals surface area (Å²) >= 11 is 0. The SMILES string of the molecule is COc1ccc(N2N=C(c3ccccc3)C(C(C)=NCCO)C2=O)cc1. The quantitative estimate of drug-likeness (QED) is 0.813. The molecule has 1 heterocycles. The lowest BCUT2D eigenvalue weighted by atomic mass is 9.93. The number of hydrogen-bond donors (Lipinski definition) is 1. The molecule has 0 bridgehead atoms. The molecule has 1 aliphatic heterocycles. The van der Waals surface area contributed by atoms with Gasteiger partial charge in [0, 0.05) is 5.71 Å². The summed E-state index contributed by atoms with van der Waals surface area (Å²) in [5, 5.41) is 15.0. The largest absolute Gasteiger partial charge is 0.497 e. The molecule has 0 fully saturated rings. The van der Waals surface area contributed by atoms with Crippen LogP contribution in [0.1, 0.15) is 12.5 Å². The molecule has 0 spiro atoms. The van der Waals surface area contributed by atoms with Crippen molar-refractivity contribution in [3.63, 3.8) is 0 Å². The lowest BCUT2D eigenvalue weighted by molar-refractivity contribution is -0.118. The average molecular weight is 351 g/mol. The third-order valence-corrected chi connectivity index (χ3v) is 4.20. The molecule has 0 saturated carbocycles. The van der Waals surface area contributed by atoms with E-state index in [0.717, 1.165) is 5.56 Å². The molecule has 0 aliphatic carbocycles. The number of carbonyl (C=O) groups is 1. The van der Waals surface area contributed by atoms with Crippen LogP contribution in [-0.4, -0.2) is 42.7 Å². The Morgan fingerprint density at radius 1 is 1.19 bits per heavy atom. The summed E-state index contributed by atoms with van der Waals surface area (Å²) in [4.78, 5) is 17.4. The standard InChI is InChI=1S/C20H21N3O3/c1-14(21-12-13-24)18-19(15-6-4-3-5-7-15)22-23(20(18)25)16-8-10-17(26-2)11-9-16/h3-11,18,24H,12-13H2,1-2H3. The number of hydrazone groups is 1. The Kier molecular flexibility index (Phi) is 5.43. The van der Waals surface area contributed by atoms with Crippen LogP contribution in [0.5, 0.6) is 5.75 Å². The zero-order valence-electron chi connectivity index (χ0n) is 14.8. The molecule has 6 nitrogen and oxygen atoms in total. The number of nitrogens with zero attached hydrogens (tertiary/aromatic N) is 3. The van der Waals surface area contributed by atoms with Crippen LogP contribution in [-0.2, 0) is 4.79 Å². The van der Waals surface area contributed by atoms with Gasteiger partial charge >= 0.3 is 0 Å². The summed E-state index contributed by atoms with van der Waals surface area (Å²) in [5.74, 6) is -0.0100. The van der Waals surface area contributed by atoms with E-state index in [4.69, 9.17) is 9.84 Å². The molecule has 1 unspecified atom stereocenters. The topological polar surface area (TPSA) is 74.5 Å². The van der Waals surface area contributed by atoms with E-state index in [-0.39, 0.29) is 19.1 Å². The monoisotopic (exact) mass is 351 g/mol. The summed E-state index contributed by atoms with van der Waals surface area (Å²) in [7, 11) is 1.60. The van der Waals surface area contributed by atoms with Gasteiger partial charge in [-0.05, 0) is 36.8 Å². The van der Waals surface area contributed by atoms with Crippen LogP contribution in [0.25, 0.3) is 0 Å². The van der Waals surface area contributed by atoms with Crippen molar-refractivity contribution in [1.82, 2.24) is 0 Å². The molecule has 26 heavy (non-hydrogen) atoms. The molecule has 2 aromatic rings. The van der Waals surface area contributed by atoms with E-state index in [0.29, 0.717) is 22.9 Å². The minimum atomic E-state index is -0.564. The highest BCUT2D eigenvalue weighted by molar-refractivity contribution is 6.32. The van der Waals surface area contributed by atoms with E-state index >= 15 is 0 Å². The normalized spacial score (nSPS) is 17.4. The number of anilines is 1. The number of hydrogen-bond acceptors (Lipinski definition) is 5. The average Bonchev–Trinajstić information content (AvgIpc) is 3.04. The van der Waals surface area contributed by atoms with Crippen LogP contribution >= 0.6 is 0 Å². The Morgan fingerprint density at radius 3 is 2.50 bits per heavy atom. The van der Waals surface area contributed by atoms with Crippen molar-refractivity contribution in [2.24, 2.45) is 16.0 Å². The Balaban J connectivity index is 2.01. The molecule has 2 aromatic carbocycles. The first-order valence-corrected chi connectivity index (χ1v) is 8.39. The van der Waals surface area contributed by atoms with Gasteiger partial charge in [-0.2, -0.15) is 10.1 Å². The molecule has 1 aliphatic rings. The molecule has 1 amide bonds.